The second kappa shape index (κ2) is 12.0. The Bertz CT molecular complexity index is 1540. The molecule has 0 saturated heterocycles. The molecular weight excluding hydrogens is 494 g/mol. The normalized spacial score (nSPS) is 13.9. The van der Waals surface area contributed by atoms with Crippen LogP contribution in [0.15, 0.2) is 102 Å². The maximum absolute atomic E-state index is 10.2. The Balaban J connectivity index is 1.69. The number of hydrogen-bond acceptors (Lipinski definition) is 8. The first kappa shape index (κ1) is 26.2. The molecule has 9 heteroatoms. The minimum absolute atomic E-state index is 0.406. The van der Waals surface area contributed by atoms with Crippen molar-refractivity contribution in [1.29, 1.82) is 0 Å². The summed E-state index contributed by atoms with van der Waals surface area (Å²) in [4.78, 5) is 9.14. The van der Waals surface area contributed by atoms with Gasteiger partial charge < -0.3 is 25.0 Å². The number of benzene rings is 3. The zero-order chi connectivity index (χ0) is 27.2. The van der Waals surface area contributed by atoms with Crippen molar-refractivity contribution in [2.75, 3.05) is 12.0 Å². The van der Waals surface area contributed by atoms with Crippen LogP contribution in [-0.2, 0) is 6.54 Å². The summed E-state index contributed by atoms with van der Waals surface area (Å²) < 4.78 is 2.16. The SMILES string of the molecule is OC[C@@H](O)[C@@H](O)[C@@H](O)/C=N/Nc1ncnc2c1c(-c1ccccc1)c(-c1ccccc1)n2Cc1ccccc1. The number of hydrazone groups is 1. The number of anilines is 1. The maximum atomic E-state index is 10.2. The molecule has 5 N–H and O–H groups in total. The van der Waals surface area contributed by atoms with E-state index in [9.17, 15) is 15.3 Å². The van der Waals surface area contributed by atoms with Crippen molar-refractivity contribution < 1.29 is 20.4 Å². The number of nitrogens with one attached hydrogen (secondary N) is 1. The molecule has 3 aromatic carbocycles. The molecule has 0 fully saturated rings. The molecule has 0 unspecified atom stereocenters. The minimum Gasteiger partial charge on any atom is -0.394 e. The van der Waals surface area contributed by atoms with Gasteiger partial charge in [-0.2, -0.15) is 5.10 Å². The summed E-state index contributed by atoms with van der Waals surface area (Å²) in [6.45, 7) is -0.123. The zero-order valence-electron chi connectivity index (χ0n) is 21.0. The van der Waals surface area contributed by atoms with Crippen LogP contribution in [0.2, 0.25) is 0 Å². The Kier molecular flexibility index (Phi) is 8.04. The second-order valence-electron chi connectivity index (χ2n) is 9.07. The summed E-state index contributed by atoms with van der Waals surface area (Å²) in [5.41, 5.74) is 8.55. The van der Waals surface area contributed by atoms with Crippen LogP contribution in [-0.4, -0.2) is 66.1 Å². The number of aliphatic hydroxyl groups is 4. The van der Waals surface area contributed by atoms with Crippen molar-refractivity contribution in [3.8, 4) is 22.4 Å². The summed E-state index contributed by atoms with van der Waals surface area (Å²) in [6, 6.07) is 30.2. The third-order valence-corrected chi connectivity index (χ3v) is 6.46. The number of aromatic nitrogens is 3. The first-order valence-electron chi connectivity index (χ1n) is 12.5. The van der Waals surface area contributed by atoms with Crippen molar-refractivity contribution in [3.05, 3.63) is 103 Å². The van der Waals surface area contributed by atoms with E-state index in [0.717, 1.165) is 39.5 Å². The summed E-state index contributed by atoms with van der Waals surface area (Å²) in [5, 5.41) is 43.6. The van der Waals surface area contributed by atoms with Gasteiger partial charge in [0.05, 0.1) is 23.9 Å². The molecule has 0 bridgehead atoms. The van der Waals surface area contributed by atoms with Crippen LogP contribution in [0, 0.1) is 0 Å². The molecule has 5 aromatic rings. The molecule has 39 heavy (non-hydrogen) atoms. The fourth-order valence-electron chi connectivity index (χ4n) is 4.56. The van der Waals surface area contributed by atoms with E-state index >= 15 is 0 Å². The first-order valence-corrected chi connectivity index (χ1v) is 12.5. The summed E-state index contributed by atoms with van der Waals surface area (Å²) in [7, 11) is 0. The standard InChI is InChI=1S/C30H29N5O4/c36-18-24(38)28(39)23(37)16-33-34-29-26-25(21-12-6-2-7-13-21)27(22-14-8-3-9-15-22)35(30(26)32-19-31-29)17-20-10-4-1-5-11-20/h1-16,19,23-24,28,36-39H,17-18H2,(H,31,32,34)/b33-16+/t23-,24+,28-/m0/s1. The van der Waals surface area contributed by atoms with Crippen molar-refractivity contribution in [2.45, 2.75) is 24.9 Å². The van der Waals surface area contributed by atoms with Gasteiger partial charge in [-0.05, 0) is 16.7 Å². The van der Waals surface area contributed by atoms with Gasteiger partial charge >= 0.3 is 0 Å². The topological polar surface area (TPSA) is 136 Å². The third-order valence-electron chi connectivity index (χ3n) is 6.46. The van der Waals surface area contributed by atoms with Crippen LogP contribution in [0.5, 0.6) is 0 Å². The predicted octanol–water partition coefficient (Wildman–Crippen LogP) is 3.29. The van der Waals surface area contributed by atoms with E-state index in [1.807, 2.05) is 66.7 Å². The highest BCUT2D eigenvalue weighted by molar-refractivity contribution is 6.08. The van der Waals surface area contributed by atoms with Gasteiger partial charge in [0.1, 0.15) is 30.3 Å². The Labute approximate surface area is 225 Å². The molecule has 0 radical (unpaired) electrons. The maximum Gasteiger partial charge on any atom is 0.159 e. The van der Waals surface area contributed by atoms with Gasteiger partial charge in [-0.15, -0.1) is 0 Å². The van der Waals surface area contributed by atoms with Crippen LogP contribution >= 0.6 is 0 Å². The minimum atomic E-state index is -1.59. The Morgan fingerprint density at radius 3 is 2.08 bits per heavy atom. The Morgan fingerprint density at radius 1 is 0.821 bits per heavy atom. The molecule has 2 aromatic heterocycles. The summed E-state index contributed by atoms with van der Waals surface area (Å²) >= 11 is 0. The van der Waals surface area contributed by atoms with Crippen LogP contribution < -0.4 is 5.43 Å². The van der Waals surface area contributed by atoms with Crippen LogP contribution in [0.4, 0.5) is 5.82 Å². The van der Waals surface area contributed by atoms with Crippen molar-refractivity contribution in [2.24, 2.45) is 5.10 Å². The van der Waals surface area contributed by atoms with E-state index in [4.69, 9.17) is 5.11 Å². The molecule has 0 saturated carbocycles. The quantitative estimate of drug-likeness (QED) is 0.140. The number of rotatable bonds is 10. The van der Waals surface area contributed by atoms with Crippen LogP contribution in [0.1, 0.15) is 5.56 Å². The molecule has 9 nitrogen and oxygen atoms in total. The monoisotopic (exact) mass is 523 g/mol. The first-order chi connectivity index (χ1) is 19.1. The number of fused-ring (bicyclic) bond motifs is 1. The smallest absolute Gasteiger partial charge is 0.159 e. The molecule has 198 valence electrons. The lowest BCUT2D eigenvalue weighted by atomic mass is 9.99. The summed E-state index contributed by atoms with van der Waals surface area (Å²) in [5.74, 6) is 0.406. The number of aliphatic hydroxyl groups excluding tert-OH is 4. The fourth-order valence-corrected chi connectivity index (χ4v) is 4.56. The molecule has 0 spiro atoms. The van der Waals surface area contributed by atoms with E-state index < -0.39 is 24.9 Å². The van der Waals surface area contributed by atoms with E-state index in [2.05, 4.69) is 49.3 Å². The second-order valence-corrected chi connectivity index (χ2v) is 9.07. The molecule has 5 rings (SSSR count). The largest absolute Gasteiger partial charge is 0.394 e. The average Bonchev–Trinajstić information content (AvgIpc) is 3.32. The van der Waals surface area contributed by atoms with E-state index in [-0.39, 0.29) is 0 Å². The van der Waals surface area contributed by atoms with E-state index in [1.165, 1.54) is 6.33 Å². The van der Waals surface area contributed by atoms with Crippen molar-refractivity contribution >= 4 is 23.1 Å². The molecular formula is C30H29N5O4. The molecule has 3 atom stereocenters. The molecule has 2 heterocycles. The van der Waals surface area contributed by atoms with E-state index in [1.54, 1.807) is 0 Å². The Morgan fingerprint density at radius 2 is 1.44 bits per heavy atom. The van der Waals surface area contributed by atoms with Gasteiger partial charge in [0.2, 0.25) is 0 Å². The van der Waals surface area contributed by atoms with Crippen molar-refractivity contribution in [1.82, 2.24) is 14.5 Å². The highest BCUT2D eigenvalue weighted by atomic mass is 16.4. The molecule has 0 amide bonds. The van der Waals surface area contributed by atoms with Crippen molar-refractivity contribution in [3.63, 3.8) is 0 Å². The fraction of sp³-hybridized carbons (Fsp3) is 0.167. The van der Waals surface area contributed by atoms with Gasteiger partial charge in [0.25, 0.3) is 0 Å². The van der Waals surface area contributed by atoms with Gasteiger partial charge in [0.15, 0.2) is 5.82 Å². The number of nitrogens with zero attached hydrogens (tertiary/aromatic N) is 4. The Hall–Kier alpha value is -4.41. The summed E-state index contributed by atoms with van der Waals surface area (Å²) in [6.07, 6.45) is -2.09. The third kappa shape index (κ3) is 5.57. The predicted molar refractivity (Wildman–Crippen MR) is 151 cm³/mol. The van der Waals surface area contributed by atoms with Crippen LogP contribution in [0.3, 0.4) is 0 Å². The average molecular weight is 524 g/mol. The van der Waals surface area contributed by atoms with Crippen LogP contribution in [0.25, 0.3) is 33.4 Å². The lowest BCUT2D eigenvalue weighted by molar-refractivity contribution is -0.0541. The van der Waals surface area contributed by atoms with Gasteiger partial charge in [0, 0.05) is 12.1 Å². The van der Waals surface area contributed by atoms with Gasteiger partial charge in [-0.1, -0.05) is 91.0 Å². The lowest BCUT2D eigenvalue weighted by Crippen LogP contribution is -2.40. The molecule has 0 aliphatic heterocycles. The zero-order valence-corrected chi connectivity index (χ0v) is 21.0. The molecule has 0 aliphatic carbocycles. The molecule has 0 aliphatic rings. The lowest BCUT2D eigenvalue weighted by Gasteiger charge is -2.18. The van der Waals surface area contributed by atoms with Gasteiger partial charge in [-0.3, -0.25) is 5.43 Å². The highest BCUT2D eigenvalue weighted by Gasteiger charge is 2.25. The highest BCUT2D eigenvalue weighted by Crippen LogP contribution is 2.43. The number of hydrogen-bond donors (Lipinski definition) is 5. The van der Waals surface area contributed by atoms with Gasteiger partial charge in [-0.25, -0.2) is 9.97 Å². The van der Waals surface area contributed by atoms with E-state index in [0.29, 0.717) is 18.0 Å².